The van der Waals surface area contributed by atoms with E-state index < -0.39 is 0 Å². The molecule has 0 radical (unpaired) electrons. The lowest BCUT2D eigenvalue weighted by Gasteiger charge is -2.34. The normalized spacial score (nSPS) is 25.8. The number of fused-ring (bicyclic) bond motifs is 2. The molecule has 4 unspecified atom stereocenters. The zero-order valence-electron chi connectivity index (χ0n) is 22.8. The van der Waals surface area contributed by atoms with Crippen molar-refractivity contribution >= 4 is 23.7 Å². The van der Waals surface area contributed by atoms with Crippen molar-refractivity contribution in [3.8, 4) is 11.7 Å². The van der Waals surface area contributed by atoms with Gasteiger partial charge in [0.1, 0.15) is 11.9 Å². The van der Waals surface area contributed by atoms with Gasteiger partial charge < -0.3 is 9.64 Å². The number of ether oxygens (including phenoxy) is 1. The summed E-state index contributed by atoms with van der Waals surface area (Å²) in [7, 11) is 1.87. The van der Waals surface area contributed by atoms with Crippen LogP contribution in [0, 0.1) is 24.7 Å². The molecular weight excluding hydrogens is 498 g/mol. The molecule has 1 saturated heterocycles. The van der Waals surface area contributed by atoms with Crippen molar-refractivity contribution in [1.29, 1.82) is 0 Å². The summed E-state index contributed by atoms with van der Waals surface area (Å²) >= 11 is 1.28. The SMILES string of the molecule is Cc1nn(C)cc1SNC(=O)c1ccc(-n2ccc(OC3CC4CCC3C4)n2)nc1N1CC(C)CC1(C)C. The average Bonchev–Trinajstić information content (AvgIpc) is 3.68. The molecule has 202 valence electrons. The topological polar surface area (TPSA) is 90.1 Å². The minimum Gasteiger partial charge on any atom is -0.473 e. The predicted octanol–water partition coefficient (Wildman–Crippen LogP) is 4.94. The van der Waals surface area contributed by atoms with Crippen LogP contribution < -0.4 is 14.4 Å². The Bertz CT molecular complexity index is 1350. The molecule has 1 N–H and O–H groups in total. The molecule has 9 nitrogen and oxygen atoms in total. The van der Waals surface area contributed by atoms with E-state index in [9.17, 15) is 4.79 Å². The average molecular weight is 536 g/mol. The maximum absolute atomic E-state index is 13.4. The number of nitrogens with one attached hydrogen (secondary N) is 1. The molecule has 0 aromatic carbocycles. The second-order valence-electron chi connectivity index (χ2n) is 12.0. The summed E-state index contributed by atoms with van der Waals surface area (Å²) < 4.78 is 12.8. The predicted molar refractivity (Wildman–Crippen MR) is 148 cm³/mol. The highest BCUT2D eigenvalue weighted by Gasteiger charge is 2.41. The summed E-state index contributed by atoms with van der Waals surface area (Å²) in [5, 5.41) is 9.07. The molecule has 1 amide bonds. The van der Waals surface area contributed by atoms with Gasteiger partial charge in [0.25, 0.3) is 5.91 Å². The lowest BCUT2D eigenvalue weighted by Crippen LogP contribution is -2.40. The fourth-order valence-corrected chi connectivity index (χ4v) is 7.43. The fourth-order valence-electron chi connectivity index (χ4n) is 6.73. The number of hydrogen-bond acceptors (Lipinski definition) is 7. The van der Waals surface area contributed by atoms with E-state index in [4.69, 9.17) is 14.8 Å². The minimum absolute atomic E-state index is 0.118. The number of nitrogens with zero attached hydrogens (tertiary/aromatic N) is 6. The van der Waals surface area contributed by atoms with Gasteiger partial charge in [-0.1, -0.05) is 6.92 Å². The maximum atomic E-state index is 13.4. The largest absolute Gasteiger partial charge is 0.473 e. The summed E-state index contributed by atoms with van der Waals surface area (Å²) in [6.07, 6.45) is 10.2. The first kappa shape index (κ1) is 25.3. The standard InChI is InChI=1S/C28H37N7O2S/c1-17-14-28(3,4)34(15-17)26-21(27(36)32-38-23-16-33(5)30-18(23)2)8-9-24(29-26)35-11-10-25(31-35)37-22-13-19-6-7-20(22)12-19/h8-11,16-17,19-20,22H,6-7,12-15H2,1-5H3,(H,32,36). The number of amides is 1. The highest BCUT2D eigenvalue weighted by molar-refractivity contribution is 7.98. The van der Waals surface area contributed by atoms with E-state index in [0.29, 0.717) is 34.9 Å². The van der Waals surface area contributed by atoms with E-state index in [0.717, 1.165) is 35.9 Å². The second kappa shape index (κ2) is 9.63. The van der Waals surface area contributed by atoms with Gasteiger partial charge in [0.05, 0.1) is 16.2 Å². The molecule has 1 aliphatic heterocycles. The molecule has 3 aromatic heterocycles. The first-order chi connectivity index (χ1) is 18.2. The molecule has 2 aliphatic carbocycles. The van der Waals surface area contributed by atoms with Crippen LogP contribution in [0.4, 0.5) is 5.82 Å². The number of anilines is 1. The zero-order valence-corrected chi connectivity index (χ0v) is 23.7. The molecule has 3 aromatic rings. The summed E-state index contributed by atoms with van der Waals surface area (Å²) in [6.45, 7) is 9.46. The van der Waals surface area contributed by atoms with Crippen molar-refractivity contribution in [2.45, 2.75) is 76.3 Å². The van der Waals surface area contributed by atoms with Gasteiger partial charge in [-0.3, -0.25) is 14.2 Å². The van der Waals surface area contributed by atoms with Gasteiger partial charge in [-0.25, -0.2) is 9.67 Å². The van der Waals surface area contributed by atoms with E-state index in [-0.39, 0.29) is 17.6 Å². The molecule has 4 atom stereocenters. The van der Waals surface area contributed by atoms with Crippen molar-refractivity contribution in [1.82, 2.24) is 29.3 Å². The van der Waals surface area contributed by atoms with E-state index >= 15 is 0 Å². The highest BCUT2D eigenvalue weighted by atomic mass is 32.2. The Morgan fingerprint density at radius 1 is 1.18 bits per heavy atom. The lowest BCUT2D eigenvalue weighted by molar-refractivity contribution is 0.0984. The summed E-state index contributed by atoms with van der Waals surface area (Å²) in [5.74, 6) is 3.82. The van der Waals surface area contributed by atoms with Crippen LogP contribution in [0.3, 0.4) is 0 Å². The Balaban J connectivity index is 1.27. The third-order valence-corrected chi connectivity index (χ3v) is 9.31. The van der Waals surface area contributed by atoms with Crippen LogP contribution >= 0.6 is 11.9 Å². The Kier molecular flexibility index (Phi) is 6.40. The first-order valence-electron chi connectivity index (χ1n) is 13.6. The zero-order chi connectivity index (χ0) is 26.6. The number of hydrogen-bond donors (Lipinski definition) is 1. The van der Waals surface area contributed by atoms with E-state index in [1.165, 1.54) is 31.2 Å². The Hall–Kier alpha value is -3.01. The smallest absolute Gasteiger partial charge is 0.265 e. The first-order valence-corrected chi connectivity index (χ1v) is 14.5. The van der Waals surface area contributed by atoms with Crippen LogP contribution in [0.2, 0.25) is 0 Å². The quantitative estimate of drug-likeness (QED) is 0.429. The molecule has 38 heavy (non-hydrogen) atoms. The number of rotatable bonds is 7. The number of carbonyl (C=O) groups excluding carboxylic acids is 1. The Morgan fingerprint density at radius 2 is 2.03 bits per heavy atom. The van der Waals surface area contributed by atoms with E-state index in [1.54, 1.807) is 9.36 Å². The molecule has 10 heteroatoms. The summed E-state index contributed by atoms with van der Waals surface area (Å²) in [6, 6.07) is 5.64. The molecule has 2 saturated carbocycles. The number of carbonyl (C=O) groups is 1. The van der Waals surface area contributed by atoms with Crippen LogP contribution in [0.1, 0.15) is 68.9 Å². The highest BCUT2D eigenvalue weighted by Crippen LogP contribution is 2.46. The van der Waals surface area contributed by atoms with Crippen LogP contribution in [0.5, 0.6) is 5.88 Å². The van der Waals surface area contributed by atoms with Crippen molar-refractivity contribution in [3.63, 3.8) is 0 Å². The molecule has 4 heterocycles. The number of pyridine rings is 1. The lowest BCUT2D eigenvalue weighted by atomic mass is 9.97. The van der Waals surface area contributed by atoms with Crippen molar-refractivity contribution in [2.24, 2.45) is 24.8 Å². The minimum atomic E-state index is -0.177. The monoisotopic (exact) mass is 535 g/mol. The molecule has 2 bridgehead atoms. The summed E-state index contributed by atoms with van der Waals surface area (Å²) in [4.78, 5) is 21.7. The van der Waals surface area contributed by atoms with Gasteiger partial charge in [-0.2, -0.15) is 5.10 Å². The fraction of sp³-hybridized carbons (Fsp3) is 0.571. The Labute approximate surface area is 228 Å². The molecular formula is C28H37N7O2S. The van der Waals surface area contributed by atoms with Gasteiger partial charge in [0.15, 0.2) is 5.82 Å². The van der Waals surface area contributed by atoms with Crippen molar-refractivity contribution in [2.75, 3.05) is 11.4 Å². The van der Waals surface area contributed by atoms with Crippen LogP contribution in [0.15, 0.2) is 35.5 Å². The van der Waals surface area contributed by atoms with Gasteiger partial charge in [0.2, 0.25) is 5.88 Å². The molecule has 0 spiro atoms. The molecule has 3 aliphatic rings. The van der Waals surface area contributed by atoms with Gasteiger partial charge in [-0.05, 0) is 94.7 Å². The van der Waals surface area contributed by atoms with Gasteiger partial charge in [-0.15, -0.1) is 5.10 Å². The second-order valence-corrected chi connectivity index (χ2v) is 12.8. The third kappa shape index (κ3) is 4.79. The van der Waals surface area contributed by atoms with Crippen LogP contribution in [-0.4, -0.2) is 48.6 Å². The number of aromatic nitrogens is 5. The van der Waals surface area contributed by atoms with Crippen LogP contribution in [0.25, 0.3) is 5.82 Å². The van der Waals surface area contributed by atoms with E-state index in [2.05, 4.69) is 35.5 Å². The summed E-state index contributed by atoms with van der Waals surface area (Å²) in [5.41, 5.74) is 1.31. The van der Waals surface area contributed by atoms with Crippen molar-refractivity contribution < 1.29 is 9.53 Å². The molecule has 3 fully saturated rings. The van der Waals surface area contributed by atoms with Crippen molar-refractivity contribution in [3.05, 3.63) is 41.9 Å². The van der Waals surface area contributed by atoms with Gasteiger partial charge >= 0.3 is 0 Å². The van der Waals surface area contributed by atoms with Gasteiger partial charge in [0, 0.05) is 37.6 Å². The van der Waals surface area contributed by atoms with Crippen LogP contribution in [-0.2, 0) is 7.05 Å². The third-order valence-electron chi connectivity index (χ3n) is 8.40. The number of aryl methyl sites for hydroxylation is 2. The molecule has 6 rings (SSSR count). The Morgan fingerprint density at radius 3 is 2.68 bits per heavy atom. The van der Waals surface area contributed by atoms with E-state index in [1.807, 2.05) is 44.6 Å². The maximum Gasteiger partial charge on any atom is 0.265 e.